The monoisotopic (exact) mass is 113 g/mol. The molecule has 1 radical (unpaired) electrons. The van der Waals surface area contributed by atoms with Crippen LogP contribution in [0.2, 0.25) is 0 Å². The topological polar surface area (TPSA) is 5.90 Å². The molecular weight excluding hydrogens is 98.1 g/mol. The second kappa shape index (κ2) is 2.49. The van der Waals surface area contributed by atoms with Gasteiger partial charge in [-0.1, -0.05) is 6.92 Å². The zero-order chi connectivity index (χ0) is 5.98. The maximum atomic E-state index is 2.40. The number of rotatable bonds is 0. The van der Waals surface area contributed by atoms with E-state index in [9.17, 15) is 0 Å². The first-order valence-corrected chi connectivity index (χ1v) is 3.47. The van der Waals surface area contributed by atoms with Crippen LogP contribution in [0.1, 0.15) is 19.8 Å². The molecule has 1 fully saturated rings. The van der Waals surface area contributed by atoms with Gasteiger partial charge in [-0.05, 0) is 5.92 Å². The summed E-state index contributed by atoms with van der Waals surface area (Å²) in [6.45, 7) is 4.95. The molecule has 0 aromatic heterocycles. The number of hydrogen-bond donors (Lipinski definition) is 0. The van der Waals surface area contributed by atoms with Crippen molar-refractivity contribution in [3.8, 4) is 0 Å². The van der Waals surface area contributed by atoms with Gasteiger partial charge in [-0.3, -0.25) is 0 Å². The molecule has 0 bridgehead atoms. The summed E-state index contributed by atoms with van der Waals surface area (Å²) in [6.07, 6.45) is 2.80. The van der Waals surface area contributed by atoms with Crippen LogP contribution >= 0.6 is 0 Å². The van der Waals surface area contributed by atoms with Crippen LogP contribution in [-0.2, 0) is 0 Å². The maximum absolute atomic E-state index is 2.40. The number of hydrogen-bond acceptors (Lipinski definition) is 1. The minimum Gasteiger partial charge on any atom is -0.173 e. The van der Waals surface area contributed by atoms with Gasteiger partial charge in [-0.15, -0.1) is 0 Å². The molecule has 0 aromatic rings. The van der Waals surface area contributed by atoms with Gasteiger partial charge >= 0.3 is 0 Å². The summed E-state index contributed by atoms with van der Waals surface area (Å²) in [6, 6.07) is 0. The summed E-state index contributed by atoms with van der Waals surface area (Å²) in [5.74, 6) is 0.978. The first-order chi connectivity index (χ1) is 3.79. The lowest BCUT2D eigenvalue weighted by molar-refractivity contribution is 0.317. The van der Waals surface area contributed by atoms with Crippen LogP contribution in [0.4, 0.5) is 0 Å². The van der Waals surface area contributed by atoms with Crippen LogP contribution in [0.3, 0.4) is 0 Å². The highest BCUT2D eigenvalue weighted by Crippen LogP contribution is 2.12. The first kappa shape index (κ1) is 6.09. The second-order valence-corrected chi connectivity index (χ2v) is 2.99. The third-order valence-electron chi connectivity index (χ3n) is 2.01. The van der Waals surface area contributed by atoms with Crippen LogP contribution in [0.5, 0.6) is 0 Å². The van der Waals surface area contributed by atoms with E-state index < -0.39 is 0 Å². The first-order valence-electron chi connectivity index (χ1n) is 3.47. The Labute approximate surface area is 51.7 Å². The van der Waals surface area contributed by atoms with Gasteiger partial charge in [0.15, 0.2) is 0 Å². The molecule has 1 heteroatoms. The Morgan fingerprint density at radius 1 is 1.25 bits per heavy atom. The highest BCUT2D eigenvalue weighted by Gasteiger charge is 2.18. The van der Waals surface area contributed by atoms with E-state index in [1.165, 1.54) is 25.9 Å². The van der Waals surface area contributed by atoms with Crippen molar-refractivity contribution in [1.29, 1.82) is 0 Å². The third-order valence-corrected chi connectivity index (χ3v) is 2.01. The number of likely N-dealkylation sites (tertiary alicyclic amines) is 1. The average Bonchev–Trinajstić information content (AvgIpc) is 1.77. The van der Waals surface area contributed by atoms with Crippen molar-refractivity contribution in [2.24, 2.45) is 5.92 Å². The van der Waals surface area contributed by atoms with Gasteiger partial charge in [0.25, 0.3) is 0 Å². The zero-order valence-corrected chi connectivity index (χ0v) is 5.85. The standard InChI is InChI=1S/C7H15N/c1-7-3-5-8(2)6-4-7/h7H,3-6H2,1-2H3/q+1. The average molecular weight is 113 g/mol. The Bertz CT molecular complexity index is 52.8. The van der Waals surface area contributed by atoms with Crippen molar-refractivity contribution in [3.05, 3.63) is 0 Å². The van der Waals surface area contributed by atoms with E-state index in [-0.39, 0.29) is 0 Å². The highest BCUT2D eigenvalue weighted by atomic mass is 15.1. The predicted octanol–water partition coefficient (Wildman–Crippen LogP) is 1.19. The van der Waals surface area contributed by atoms with Crippen LogP contribution in [0, 0.1) is 5.92 Å². The maximum Gasteiger partial charge on any atom is 0.122 e. The molecule has 0 aromatic carbocycles. The van der Waals surface area contributed by atoms with E-state index in [4.69, 9.17) is 0 Å². The third kappa shape index (κ3) is 1.48. The molecule has 1 aliphatic heterocycles. The largest absolute Gasteiger partial charge is 0.173 e. The van der Waals surface area contributed by atoms with Crippen LogP contribution in [0.15, 0.2) is 0 Å². The van der Waals surface area contributed by atoms with Crippen molar-refractivity contribution in [2.75, 3.05) is 20.1 Å². The smallest absolute Gasteiger partial charge is 0.122 e. The molecule has 0 amide bonds. The van der Waals surface area contributed by atoms with Crippen molar-refractivity contribution in [3.63, 3.8) is 0 Å². The minimum absolute atomic E-state index is 0.978. The van der Waals surface area contributed by atoms with E-state index in [0.717, 1.165) is 5.92 Å². The Morgan fingerprint density at radius 3 is 2.12 bits per heavy atom. The molecule has 0 N–H and O–H groups in total. The van der Waals surface area contributed by atoms with Crippen LogP contribution in [0.25, 0.3) is 0 Å². The Kier molecular flexibility index (Phi) is 1.90. The molecule has 1 heterocycles. The molecule has 1 saturated heterocycles. The Hall–Kier alpha value is -0.0400. The number of piperidine rings is 1. The van der Waals surface area contributed by atoms with Gasteiger partial charge in [-0.25, -0.2) is 0 Å². The fraction of sp³-hybridized carbons (Fsp3) is 1.00. The molecule has 47 valence electrons. The molecular formula is C7H15N+. The zero-order valence-electron chi connectivity index (χ0n) is 5.85. The number of nitrogens with zero attached hydrogens (tertiary/aromatic N) is 1. The Morgan fingerprint density at radius 2 is 1.75 bits per heavy atom. The van der Waals surface area contributed by atoms with Gasteiger partial charge in [0.2, 0.25) is 0 Å². The van der Waals surface area contributed by atoms with Gasteiger partial charge in [0.05, 0.1) is 0 Å². The molecule has 1 nitrogen and oxygen atoms in total. The molecule has 0 atom stereocenters. The lowest BCUT2D eigenvalue weighted by Gasteiger charge is -2.17. The van der Waals surface area contributed by atoms with E-state index >= 15 is 0 Å². The van der Waals surface area contributed by atoms with Gasteiger partial charge in [-0.2, -0.15) is 4.90 Å². The summed E-state index contributed by atoms with van der Waals surface area (Å²) in [5, 5.41) is 0. The molecule has 1 rings (SSSR count). The van der Waals surface area contributed by atoms with Crippen molar-refractivity contribution in [1.82, 2.24) is 4.90 Å². The Balaban J connectivity index is 2.19. The van der Waals surface area contributed by atoms with Crippen LogP contribution in [-0.4, -0.2) is 20.1 Å². The van der Waals surface area contributed by atoms with E-state index in [1.54, 1.807) is 0 Å². The fourth-order valence-corrected chi connectivity index (χ4v) is 1.14. The molecule has 0 saturated carbocycles. The molecule has 0 unspecified atom stereocenters. The van der Waals surface area contributed by atoms with Crippen LogP contribution < -0.4 is 4.90 Å². The van der Waals surface area contributed by atoms with Crippen molar-refractivity contribution >= 4 is 0 Å². The van der Waals surface area contributed by atoms with Gasteiger partial charge < -0.3 is 0 Å². The predicted molar refractivity (Wildman–Crippen MR) is 36.2 cm³/mol. The molecule has 8 heavy (non-hydrogen) atoms. The van der Waals surface area contributed by atoms with E-state index in [2.05, 4.69) is 18.9 Å². The lowest BCUT2D eigenvalue weighted by atomic mass is 10.00. The summed E-state index contributed by atoms with van der Waals surface area (Å²) in [5.41, 5.74) is 0. The summed E-state index contributed by atoms with van der Waals surface area (Å²) < 4.78 is 0. The fourth-order valence-electron chi connectivity index (χ4n) is 1.14. The van der Waals surface area contributed by atoms with E-state index in [1.807, 2.05) is 0 Å². The highest BCUT2D eigenvalue weighted by molar-refractivity contribution is 4.69. The van der Waals surface area contributed by atoms with E-state index in [0.29, 0.717) is 0 Å². The SMILES string of the molecule is CC1CC[N+](C)CC1. The summed E-state index contributed by atoms with van der Waals surface area (Å²) in [4.78, 5) is 2.40. The second-order valence-electron chi connectivity index (χ2n) is 2.99. The van der Waals surface area contributed by atoms with Gasteiger partial charge in [0.1, 0.15) is 20.1 Å². The normalized spacial score (nSPS) is 26.2. The minimum atomic E-state index is 0.978. The summed E-state index contributed by atoms with van der Waals surface area (Å²) >= 11 is 0. The quantitative estimate of drug-likeness (QED) is 0.416. The van der Waals surface area contributed by atoms with Gasteiger partial charge in [0, 0.05) is 12.8 Å². The molecule has 1 aliphatic rings. The summed E-state index contributed by atoms with van der Waals surface area (Å²) in [7, 11) is 2.20. The lowest BCUT2D eigenvalue weighted by Crippen LogP contribution is -2.34. The van der Waals surface area contributed by atoms with Crippen molar-refractivity contribution in [2.45, 2.75) is 19.8 Å². The van der Waals surface area contributed by atoms with Crippen molar-refractivity contribution < 1.29 is 0 Å². The molecule has 0 aliphatic carbocycles. The molecule has 0 spiro atoms.